The van der Waals surface area contributed by atoms with Gasteiger partial charge in [0.2, 0.25) is 0 Å². The average molecular weight is 344 g/mol. The number of benzene rings is 1. The molecule has 0 saturated carbocycles. The van der Waals surface area contributed by atoms with Crippen LogP contribution in [0.4, 0.5) is 0 Å². The Morgan fingerprint density at radius 3 is 2.92 bits per heavy atom. The van der Waals surface area contributed by atoms with E-state index in [0.29, 0.717) is 12.1 Å². The van der Waals surface area contributed by atoms with E-state index in [1.54, 1.807) is 6.33 Å². The third-order valence-electron chi connectivity index (χ3n) is 4.85. The molecule has 4 rings (SSSR count). The van der Waals surface area contributed by atoms with E-state index in [-0.39, 0.29) is 0 Å². The van der Waals surface area contributed by atoms with Crippen molar-refractivity contribution in [1.29, 1.82) is 0 Å². The van der Waals surface area contributed by atoms with Crippen molar-refractivity contribution in [2.45, 2.75) is 38.0 Å². The van der Waals surface area contributed by atoms with Crippen LogP contribution in [-0.4, -0.2) is 56.5 Å². The summed E-state index contributed by atoms with van der Waals surface area (Å²) in [5, 5.41) is 4.44. The van der Waals surface area contributed by atoms with Crippen molar-refractivity contribution < 1.29 is 4.74 Å². The number of ether oxygens (including phenoxy) is 1. The van der Waals surface area contributed by atoms with E-state index >= 15 is 0 Å². The van der Waals surface area contributed by atoms with Gasteiger partial charge in [-0.05, 0) is 37.1 Å². The van der Waals surface area contributed by atoms with Crippen LogP contribution in [0.1, 0.15) is 25.1 Å². The Hall–Kier alpha value is -1.37. The first-order valence-corrected chi connectivity index (χ1v) is 9.93. The molecule has 0 bridgehead atoms. The lowest BCUT2D eigenvalue weighted by Gasteiger charge is -2.30. The number of hydrogen-bond acceptors (Lipinski definition) is 5. The van der Waals surface area contributed by atoms with Crippen molar-refractivity contribution in [2.24, 2.45) is 0 Å². The molecule has 24 heavy (non-hydrogen) atoms. The molecule has 2 aliphatic heterocycles. The van der Waals surface area contributed by atoms with Crippen LogP contribution in [0.3, 0.4) is 0 Å². The van der Waals surface area contributed by atoms with E-state index in [4.69, 9.17) is 4.74 Å². The first-order chi connectivity index (χ1) is 11.9. The topological polar surface area (TPSA) is 43.2 Å². The molecule has 1 aromatic heterocycles. The second kappa shape index (κ2) is 7.68. The Labute approximate surface area is 147 Å². The summed E-state index contributed by atoms with van der Waals surface area (Å²) in [7, 11) is 0. The first-order valence-electron chi connectivity index (χ1n) is 8.78. The summed E-state index contributed by atoms with van der Waals surface area (Å²) in [6, 6.07) is 10.9. The van der Waals surface area contributed by atoms with Crippen LogP contribution in [0.25, 0.3) is 5.69 Å². The van der Waals surface area contributed by atoms with E-state index in [9.17, 15) is 0 Å². The van der Waals surface area contributed by atoms with Gasteiger partial charge in [-0.15, -0.1) is 0 Å². The number of aromatic nitrogens is 3. The molecular weight excluding hydrogens is 320 g/mol. The molecule has 1 aromatic carbocycles. The molecule has 2 atom stereocenters. The lowest BCUT2D eigenvalue weighted by Crippen LogP contribution is -2.40. The van der Waals surface area contributed by atoms with Gasteiger partial charge in [0.25, 0.3) is 0 Å². The normalized spacial score (nSPS) is 24.0. The molecular formula is C18H24N4OS. The van der Waals surface area contributed by atoms with Crippen molar-refractivity contribution in [3.8, 4) is 5.69 Å². The van der Waals surface area contributed by atoms with Gasteiger partial charge in [0.1, 0.15) is 12.2 Å². The van der Waals surface area contributed by atoms with Crippen LogP contribution in [0.15, 0.2) is 36.7 Å². The van der Waals surface area contributed by atoms with Gasteiger partial charge in [-0.25, -0.2) is 9.67 Å². The molecule has 5 nitrogen and oxygen atoms in total. The molecule has 2 aliphatic rings. The van der Waals surface area contributed by atoms with Gasteiger partial charge in [-0.1, -0.05) is 18.2 Å². The zero-order valence-corrected chi connectivity index (χ0v) is 14.7. The highest BCUT2D eigenvalue weighted by Crippen LogP contribution is 2.26. The van der Waals surface area contributed by atoms with E-state index in [2.05, 4.69) is 38.9 Å². The maximum absolute atomic E-state index is 5.89. The highest BCUT2D eigenvalue weighted by molar-refractivity contribution is 7.99. The van der Waals surface area contributed by atoms with Crippen LogP contribution in [-0.2, 0) is 11.3 Å². The van der Waals surface area contributed by atoms with Gasteiger partial charge >= 0.3 is 0 Å². The highest BCUT2D eigenvalue weighted by atomic mass is 32.2. The molecule has 0 amide bonds. The van der Waals surface area contributed by atoms with E-state index in [1.165, 1.54) is 30.8 Å². The standard InChI is InChI=1S/C18H24N4OS/c1-2-5-15(6-3-1)22-18(19-14-20-22)12-21(16-8-10-24-13-16)11-17-7-4-9-23-17/h1-3,5-6,14,16-17H,4,7-13H2/t16-,17-/m0/s1. The number of para-hydroxylation sites is 1. The van der Waals surface area contributed by atoms with Crippen LogP contribution >= 0.6 is 11.8 Å². The SMILES string of the molecule is c1ccc(-n2ncnc2CN(C[C@@H]2CCCO2)[C@H]2CCSC2)cc1. The Morgan fingerprint density at radius 2 is 2.17 bits per heavy atom. The maximum Gasteiger partial charge on any atom is 0.146 e. The van der Waals surface area contributed by atoms with E-state index in [0.717, 1.165) is 31.2 Å². The predicted octanol–water partition coefficient (Wildman–Crippen LogP) is 2.75. The maximum atomic E-state index is 5.89. The summed E-state index contributed by atoms with van der Waals surface area (Å²) in [5.41, 5.74) is 1.07. The zero-order valence-electron chi connectivity index (χ0n) is 13.9. The van der Waals surface area contributed by atoms with E-state index in [1.807, 2.05) is 22.9 Å². The third kappa shape index (κ3) is 3.66. The second-order valence-corrected chi connectivity index (χ2v) is 7.66. The summed E-state index contributed by atoms with van der Waals surface area (Å²) in [4.78, 5) is 7.11. The van der Waals surface area contributed by atoms with Gasteiger partial charge in [-0.2, -0.15) is 16.9 Å². The molecule has 0 unspecified atom stereocenters. The minimum absolute atomic E-state index is 0.378. The fraction of sp³-hybridized carbons (Fsp3) is 0.556. The largest absolute Gasteiger partial charge is 0.377 e. The van der Waals surface area contributed by atoms with Crippen molar-refractivity contribution in [3.63, 3.8) is 0 Å². The molecule has 3 heterocycles. The van der Waals surface area contributed by atoms with Crippen molar-refractivity contribution in [1.82, 2.24) is 19.7 Å². The predicted molar refractivity (Wildman–Crippen MR) is 96.5 cm³/mol. The summed E-state index contributed by atoms with van der Waals surface area (Å²) in [6.07, 6.45) is 5.68. The highest BCUT2D eigenvalue weighted by Gasteiger charge is 2.28. The number of thioether (sulfide) groups is 1. The van der Waals surface area contributed by atoms with Crippen molar-refractivity contribution >= 4 is 11.8 Å². The Morgan fingerprint density at radius 1 is 1.25 bits per heavy atom. The molecule has 2 fully saturated rings. The summed E-state index contributed by atoms with van der Waals surface area (Å²) in [6.45, 7) is 2.75. The molecule has 0 aliphatic carbocycles. The molecule has 0 spiro atoms. The minimum atomic E-state index is 0.378. The Balaban J connectivity index is 1.53. The molecule has 6 heteroatoms. The van der Waals surface area contributed by atoms with Crippen molar-refractivity contribution in [3.05, 3.63) is 42.5 Å². The Kier molecular flexibility index (Phi) is 5.16. The quantitative estimate of drug-likeness (QED) is 0.806. The third-order valence-corrected chi connectivity index (χ3v) is 5.99. The van der Waals surface area contributed by atoms with Crippen LogP contribution in [0, 0.1) is 0 Å². The number of rotatable bonds is 6. The summed E-state index contributed by atoms with van der Waals surface area (Å²) in [5.74, 6) is 3.49. The second-order valence-electron chi connectivity index (χ2n) is 6.51. The fourth-order valence-corrected chi connectivity index (χ4v) is 4.80. The van der Waals surface area contributed by atoms with Gasteiger partial charge in [0.15, 0.2) is 0 Å². The first kappa shape index (κ1) is 16.1. The van der Waals surface area contributed by atoms with Gasteiger partial charge in [0.05, 0.1) is 18.3 Å². The smallest absolute Gasteiger partial charge is 0.146 e. The number of hydrogen-bond donors (Lipinski definition) is 0. The minimum Gasteiger partial charge on any atom is -0.377 e. The van der Waals surface area contributed by atoms with E-state index < -0.39 is 0 Å². The Bertz CT molecular complexity index is 635. The molecule has 2 aromatic rings. The molecule has 0 radical (unpaired) electrons. The lowest BCUT2D eigenvalue weighted by molar-refractivity contribution is 0.0562. The van der Waals surface area contributed by atoms with Gasteiger partial charge in [-0.3, -0.25) is 4.90 Å². The molecule has 0 N–H and O–H groups in total. The number of nitrogens with zero attached hydrogens (tertiary/aromatic N) is 4. The summed E-state index contributed by atoms with van der Waals surface area (Å²) >= 11 is 2.06. The average Bonchev–Trinajstić information content (AvgIpc) is 3.38. The molecule has 128 valence electrons. The van der Waals surface area contributed by atoms with Crippen LogP contribution < -0.4 is 0 Å². The van der Waals surface area contributed by atoms with Gasteiger partial charge in [0, 0.05) is 24.9 Å². The lowest BCUT2D eigenvalue weighted by atomic mass is 10.1. The van der Waals surface area contributed by atoms with Crippen LogP contribution in [0.5, 0.6) is 0 Å². The monoisotopic (exact) mass is 344 g/mol. The zero-order chi connectivity index (χ0) is 16.2. The van der Waals surface area contributed by atoms with Crippen LogP contribution in [0.2, 0.25) is 0 Å². The molecule has 2 saturated heterocycles. The summed E-state index contributed by atoms with van der Waals surface area (Å²) < 4.78 is 7.85. The fourth-order valence-electron chi connectivity index (χ4n) is 3.54. The van der Waals surface area contributed by atoms with Gasteiger partial charge < -0.3 is 4.74 Å². The van der Waals surface area contributed by atoms with Crippen molar-refractivity contribution in [2.75, 3.05) is 24.7 Å².